The highest BCUT2D eigenvalue weighted by atomic mass is 32.2. The highest BCUT2D eigenvalue weighted by molar-refractivity contribution is 7.92. The van der Waals surface area contributed by atoms with Gasteiger partial charge in [-0.25, -0.2) is 8.42 Å². The first kappa shape index (κ1) is 9.46. The first-order valence-corrected chi connectivity index (χ1v) is 6.77. The zero-order valence-electron chi connectivity index (χ0n) is 7.65. The number of sulfone groups is 1. The lowest BCUT2D eigenvalue weighted by molar-refractivity contribution is 0.120. The summed E-state index contributed by atoms with van der Waals surface area (Å²) in [7, 11) is -2.67. The van der Waals surface area contributed by atoms with Crippen molar-refractivity contribution in [1.29, 1.82) is 0 Å². The van der Waals surface area contributed by atoms with Gasteiger partial charge in [-0.3, -0.25) is 0 Å². The molecule has 3 nitrogen and oxygen atoms in total. The van der Waals surface area contributed by atoms with Gasteiger partial charge in [0.2, 0.25) is 0 Å². The minimum Gasteiger partial charge on any atom is -0.393 e. The summed E-state index contributed by atoms with van der Waals surface area (Å²) in [5.41, 5.74) is 0. The van der Waals surface area contributed by atoms with Gasteiger partial charge in [-0.1, -0.05) is 6.42 Å². The van der Waals surface area contributed by atoms with E-state index in [1.807, 2.05) is 0 Å². The molecule has 1 N–H and O–H groups in total. The van der Waals surface area contributed by atoms with Gasteiger partial charge in [-0.05, 0) is 31.1 Å². The molecule has 76 valence electrons. The van der Waals surface area contributed by atoms with Gasteiger partial charge in [0.1, 0.15) is 0 Å². The molecule has 0 radical (unpaired) electrons. The molecule has 2 unspecified atom stereocenters. The quantitative estimate of drug-likeness (QED) is 0.716. The Bertz CT molecular complexity index is 271. The van der Waals surface area contributed by atoms with Gasteiger partial charge in [0.25, 0.3) is 0 Å². The highest BCUT2D eigenvalue weighted by Crippen LogP contribution is 2.34. The molecule has 0 amide bonds. The highest BCUT2D eigenvalue weighted by Gasteiger charge is 2.37. The third-order valence-electron chi connectivity index (χ3n) is 3.23. The largest absolute Gasteiger partial charge is 0.393 e. The summed E-state index contributed by atoms with van der Waals surface area (Å²) >= 11 is 0. The predicted molar refractivity (Wildman–Crippen MR) is 50.1 cm³/mol. The zero-order chi connectivity index (χ0) is 9.47. The van der Waals surface area contributed by atoms with Crippen LogP contribution in [0.3, 0.4) is 0 Å². The topological polar surface area (TPSA) is 54.4 Å². The molecule has 0 bridgehead atoms. The van der Waals surface area contributed by atoms with Gasteiger partial charge in [-0.15, -0.1) is 0 Å². The van der Waals surface area contributed by atoms with Crippen LogP contribution in [0.25, 0.3) is 0 Å². The Morgan fingerprint density at radius 2 is 1.92 bits per heavy atom. The Labute approximate surface area is 79.1 Å². The summed E-state index contributed by atoms with van der Waals surface area (Å²) < 4.78 is 21.8. The van der Waals surface area contributed by atoms with Gasteiger partial charge in [0, 0.05) is 0 Å². The zero-order valence-corrected chi connectivity index (χ0v) is 8.46. The lowest BCUT2D eigenvalue weighted by Gasteiger charge is -2.29. The molecular formula is C9H16O3S. The summed E-state index contributed by atoms with van der Waals surface area (Å²) in [6.07, 6.45) is 3.84. The van der Waals surface area contributed by atoms with Gasteiger partial charge in [0.05, 0.1) is 17.6 Å². The summed E-state index contributed by atoms with van der Waals surface area (Å²) in [5.74, 6) is 1.43. The molecule has 1 heterocycles. The molecule has 2 atom stereocenters. The minimum atomic E-state index is -2.67. The molecule has 1 saturated carbocycles. The van der Waals surface area contributed by atoms with E-state index in [1.165, 1.54) is 0 Å². The Morgan fingerprint density at radius 3 is 2.38 bits per heavy atom. The number of aliphatic hydroxyl groups is 1. The standard InChI is InChI=1S/C9H16O3S/c10-9-3-1-2-8(9)4-7-5-13(11,12)6-7/h7-10H,1-6H2. The second-order valence-electron chi connectivity index (χ2n) is 4.44. The lowest BCUT2D eigenvalue weighted by Crippen LogP contribution is -2.38. The van der Waals surface area contributed by atoms with E-state index in [4.69, 9.17) is 0 Å². The first-order chi connectivity index (χ1) is 6.07. The second kappa shape index (κ2) is 3.24. The van der Waals surface area contributed by atoms with E-state index in [0.29, 0.717) is 23.3 Å². The first-order valence-electron chi connectivity index (χ1n) is 4.95. The normalized spacial score (nSPS) is 38.8. The molecule has 0 aromatic heterocycles. The molecule has 2 aliphatic rings. The van der Waals surface area contributed by atoms with Gasteiger partial charge in [-0.2, -0.15) is 0 Å². The van der Waals surface area contributed by atoms with Crippen LogP contribution in [0.15, 0.2) is 0 Å². The summed E-state index contributed by atoms with van der Waals surface area (Å²) in [6.45, 7) is 0. The van der Waals surface area contributed by atoms with E-state index in [2.05, 4.69) is 0 Å². The molecular weight excluding hydrogens is 188 g/mol. The second-order valence-corrected chi connectivity index (χ2v) is 6.59. The third-order valence-corrected chi connectivity index (χ3v) is 5.19. The predicted octanol–water partition coefficient (Wildman–Crippen LogP) is 0.582. The van der Waals surface area contributed by atoms with Crippen molar-refractivity contribution < 1.29 is 13.5 Å². The number of aliphatic hydroxyl groups excluding tert-OH is 1. The Kier molecular flexibility index (Phi) is 2.36. The minimum absolute atomic E-state index is 0.164. The van der Waals surface area contributed by atoms with Crippen molar-refractivity contribution in [2.45, 2.75) is 31.8 Å². The van der Waals surface area contributed by atoms with Crippen LogP contribution in [0.1, 0.15) is 25.7 Å². The Balaban J connectivity index is 1.80. The Hall–Kier alpha value is -0.0900. The molecule has 2 rings (SSSR count). The van der Waals surface area contributed by atoms with E-state index in [1.54, 1.807) is 0 Å². The van der Waals surface area contributed by atoms with Crippen molar-refractivity contribution in [2.24, 2.45) is 11.8 Å². The molecule has 4 heteroatoms. The van der Waals surface area contributed by atoms with Crippen molar-refractivity contribution in [3.05, 3.63) is 0 Å². The molecule has 0 aromatic carbocycles. The van der Waals surface area contributed by atoms with E-state index in [9.17, 15) is 13.5 Å². The fourth-order valence-corrected chi connectivity index (χ4v) is 4.14. The molecule has 0 aromatic rings. The van der Waals surface area contributed by atoms with Crippen LogP contribution in [-0.2, 0) is 9.84 Å². The van der Waals surface area contributed by atoms with Crippen LogP contribution in [0, 0.1) is 11.8 Å². The maximum Gasteiger partial charge on any atom is 0.150 e. The molecule has 1 saturated heterocycles. The van der Waals surface area contributed by atoms with Crippen molar-refractivity contribution >= 4 is 9.84 Å². The summed E-state index contributed by atoms with van der Waals surface area (Å²) in [4.78, 5) is 0. The third kappa shape index (κ3) is 2.05. The maximum absolute atomic E-state index is 10.9. The number of rotatable bonds is 2. The Morgan fingerprint density at radius 1 is 1.23 bits per heavy atom. The molecule has 1 aliphatic carbocycles. The maximum atomic E-state index is 10.9. The van der Waals surface area contributed by atoms with Gasteiger partial charge in [0.15, 0.2) is 9.84 Å². The SMILES string of the molecule is O=S1(=O)CC(CC2CCCC2O)C1. The van der Waals surface area contributed by atoms with Gasteiger partial charge < -0.3 is 5.11 Å². The average molecular weight is 204 g/mol. The smallest absolute Gasteiger partial charge is 0.150 e. The van der Waals surface area contributed by atoms with Crippen LogP contribution in [0.2, 0.25) is 0 Å². The number of hydrogen-bond donors (Lipinski definition) is 1. The summed E-state index contributed by atoms with van der Waals surface area (Å²) in [5, 5.41) is 9.54. The fourth-order valence-electron chi connectivity index (χ4n) is 2.53. The van der Waals surface area contributed by atoms with Crippen LogP contribution < -0.4 is 0 Å². The van der Waals surface area contributed by atoms with Crippen molar-refractivity contribution in [3.8, 4) is 0 Å². The fraction of sp³-hybridized carbons (Fsp3) is 1.00. The lowest BCUT2D eigenvalue weighted by atomic mass is 9.93. The van der Waals surface area contributed by atoms with Crippen LogP contribution in [-0.4, -0.2) is 31.1 Å². The van der Waals surface area contributed by atoms with Gasteiger partial charge >= 0.3 is 0 Å². The molecule has 1 aliphatic heterocycles. The van der Waals surface area contributed by atoms with E-state index < -0.39 is 9.84 Å². The summed E-state index contributed by atoms with van der Waals surface area (Å²) in [6, 6.07) is 0. The van der Waals surface area contributed by atoms with Crippen molar-refractivity contribution in [2.75, 3.05) is 11.5 Å². The van der Waals surface area contributed by atoms with Crippen LogP contribution >= 0.6 is 0 Å². The van der Waals surface area contributed by atoms with E-state index >= 15 is 0 Å². The molecule has 2 fully saturated rings. The molecule has 13 heavy (non-hydrogen) atoms. The van der Waals surface area contributed by atoms with Crippen LogP contribution in [0.4, 0.5) is 0 Å². The van der Waals surface area contributed by atoms with E-state index in [-0.39, 0.29) is 6.10 Å². The average Bonchev–Trinajstić information content (AvgIpc) is 2.33. The van der Waals surface area contributed by atoms with Crippen molar-refractivity contribution in [1.82, 2.24) is 0 Å². The van der Waals surface area contributed by atoms with Crippen LogP contribution in [0.5, 0.6) is 0 Å². The molecule has 0 spiro atoms. The van der Waals surface area contributed by atoms with Crippen molar-refractivity contribution in [3.63, 3.8) is 0 Å². The monoisotopic (exact) mass is 204 g/mol. The van der Waals surface area contributed by atoms with E-state index in [0.717, 1.165) is 25.7 Å². The number of hydrogen-bond acceptors (Lipinski definition) is 3.